The molecular weight excluding hydrogens is 232 g/mol. The summed E-state index contributed by atoms with van der Waals surface area (Å²) in [5, 5.41) is 8.78. The lowest BCUT2D eigenvalue weighted by molar-refractivity contribution is 0.0661. The molecule has 1 aromatic rings. The van der Waals surface area contributed by atoms with E-state index in [9.17, 15) is 4.79 Å². The van der Waals surface area contributed by atoms with E-state index in [0.717, 1.165) is 18.6 Å². The third-order valence-corrected chi connectivity index (χ3v) is 2.88. The van der Waals surface area contributed by atoms with Crippen LogP contribution < -0.4 is 0 Å². The predicted octanol–water partition coefficient (Wildman–Crippen LogP) is 3.77. The summed E-state index contributed by atoms with van der Waals surface area (Å²) in [5.41, 5.74) is 0.820. The fraction of sp³-hybridized carbons (Fsp3) is 0.643. The fourth-order valence-corrected chi connectivity index (χ4v) is 1.76. The van der Waals surface area contributed by atoms with Gasteiger partial charge in [-0.15, -0.1) is 0 Å². The van der Waals surface area contributed by atoms with Crippen LogP contribution in [-0.2, 0) is 11.3 Å². The molecule has 0 saturated carbocycles. The molecule has 1 heterocycles. The maximum atomic E-state index is 10.7. The van der Waals surface area contributed by atoms with Gasteiger partial charge in [0.15, 0.2) is 0 Å². The number of rotatable bonds is 9. The number of carboxylic acid groups (broad SMARTS) is 1. The van der Waals surface area contributed by atoms with Crippen LogP contribution in [-0.4, -0.2) is 17.7 Å². The Morgan fingerprint density at radius 3 is 2.67 bits per heavy atom. The van der Waals surface area contributed by atoms with Gasteiger partial charge >= 0.3 is 5.97 Å². The molecular formula is C14H22O4. The number of hydrogen-bond acceptors (Lipinski definition) is 3. The minimum atomic E-state index is -1.04. The summed E-state index contributed by atoms with van der Waals surface area (Å²) in [6.07, 6.45) is 6.03. The minimum Gasteiger partial charge on any atom is -0.475 e. The van der Waals surface area contributed by atoms with Crippen molar-refractivity contribution in [3.63, 3.8) is 0 Å². The summed E-state index contributed by atoms with van der Waals surface area (Å²) in [7, 11) is 0. The summed E-state index contributed by atoms with van der Waals surface area (Å²) < 4.78 is 10.6. The third-order valence-electron chi connectivity index (χ3n) is 2.88. The molecule has 0 fully saturated rings. The van der Waals surface area contributed by atoms with Gasteiger partial charge < -0.3 is 14.3 Å². The first-order valence-electron chi connectivity index (χ1n) is 6.55. The number of aryl methyl sites for hydroxylation is 1. The Morgan fingerprint density at radius 2 is 2.06 bits per heavy atom. The summed E-state index contributed by atoms with van der Waals surface area (Å²) in [6, 6.07) is 1.54. The molecule has 18 heavy (non-hydrogen) atoms. The zero-order valence-electron chi connectivity index (χ0n) is 11.2. The van der Waals surface area contributed by atoms with Crippen molar-refractivity contribution in [2.24, 2.45) is 0 Å². The Morgan fingerprint density at radius 1 is 1.33 bits per heavy atom. The zero-order chi connectivity index (χ0) is 13.4. The highest BCUT2D eigenvalue weighted by Crippen LogP contribution is 2.15. The molecule has 4 heteroatoms. The van der Waals surface area contributed by atoms with Crippen molar-refractivity contribution in [3.05, 3.63) is 23.2 Å². The maximum absolute atomic E-state index is 10.7. The average Bonchev–Trinajstić information content (AvgIpc) is 2.70. The van der Waals surface area contributed by atoms with Crippen LogP contribution in [0.4, 0.5) is 0 Å². The first-order valence-corrected chi connectivity index (χ1v) is 6.55. The molecule has 0 aliphatic heterocycles. The first kappa shape index (κ1) is 14.8. The molecule has 1 N–H and O–H groups in total. The molecule has 0 bridgehead atoms. The molecule has 102 valence electrons. The van der Waals surface area contributed by atoms with Crippen molar-refractivity contribution >= 4 is 5.97 Å². The minimum absolute atomic E-state index is 0.0194. The van der Waals surface area contributed by atoms with Crippen molar-refractivity contribution in [2.75, 3.05) is 6.61 Å². The molecule has 0 amide bonds. The standard InChI is InChI=1S/C14H22O4/c1-3-4-5-6-7-8-17-10-12-9-13(14(15)16)18-11(12)2/h9H,3-8,10H2,1-2H3,(H,15,16). The van der Waals surface area contributed by atoms with Crippen LogP contribution in [0.3, 0.4) is 0 Å². The van der Waals surface area contributed by atoms with Gasteiger partial charge in [-0.1, -0.05) is 32.6 Å². The van der Waals surface area contributed by atoms with Crippen molar-refractivity contribution in [2.45, 2.75) is 52.6 Å². The predicted molar refractivity (Wildman–Crippen MR) is 68.8 cm³/mol. The number of hydrogen-bond donors (Lipinski definition) is 1. The summed E-state index contributed by atoms with van der Waals surface area (Å²) >= 11 is 0. The molecule has 0 aliphatic carbocycles. The smallest absolute Gasteiger partial charge is 0.371 e. The molecule has 0 aliphatic rings. The molecule has 0 aromatic carbocycles. The number of furan rings is 1. The Balaban J connectivity index is 2.21. The average molecular weight is 254 g/mol. The highest BCUT2D eigenvalue weighted by molar-refractivity contribution is 5.84. The van der Waals surface area contributed by atoms with Crippen molar-refractivity contribution in [3.8, 4) is 0 Å². The van der Waals surface area contributed by atoms with E-state index in [4.69, 9.17) is 14.3 Å². The van der Waals surface area contributed by atoms with Crippen molar-refractivity contribution in [1.29, 1.82) is 0 Å². The monoisotopic (exact) mass is 254 g/mol. The quantitative estimate of drug-likeness (QED) is 0.681. The second-order valence-corrected chi connectivity index (χ2v) is 4.46. The second-order valence-electron chi connectivity index (χ2n) is 4.46. The Labute approximate surface area is 108 Å². The van der Waals surface area contributed by atoms with Gasteiger partial charge in [0.2, 0.25) is 5.76 Å². The maximum Gasteiger partial charge on any atom is 0.371 e. The van der Waals surface area contributed by atoms with E-state index in [0.29, 0.717) is 12.4 Å². The van der Waals surface area contributed by atoms with Crippen LogP contribution in [0, 0.1) is 6.92 Å². The number of aromatic carboxylic acids is 1. The summed E-state index contributed by atoms with van der Waals surface area (Å²) in [5.74, 6) is -0.434. The van der Waals surface area contributed by atoms with E-state index >= 15 is 0 Å². The van der Waals surface area contributed by atoms with Gasteiger partial charge in [-0.3, -0.25) is 0 Å². The van der Waals surface area contributed by atoms with Crippen LogP contribution in [0.25, 0.3) is 0 Å². The Bertz CT molecular complexity index is 368. The van der Waals surface area contributed by atoms with Crippen LogP contribution in [0.1, 0.15) is 60.9 Å². The highest BCUT2D eigenvalue weighted by atomic mass is 16.5. The fourth-order valence-electron chi connectivity index (χ4n) is 1.76. The van der Waals surface area contributed by atoms with Crippen LogP contribution in [0.15, 0.2) is 10.5 Å². The van der Waals surface area contributed by atoms with E-state index < -0.39 is 5.97 Å². The molecule has 4 nitrogen and oxygen atoms in total. The molecule has 1 aromatic heterocycles. The number of carboxylic acids is 1. The van der Waals surface area contributed by atoms with Gasteiger partial charge in [0.1, 0.15) is 5.76 Å². The Hall–Kier alpha value is -1.29. The molecule has 0 saturated heterocycles. The van der Waals surface area contributed by atoms with E-state index in [-0.39, 0.29) is 5.76 Å². The molecule has 0 spiro atoms. The zero-order valence-corrected chi connectivity index (χ0v) is 11.2. The molecule has 1 rings (SSSR count). The van der Waals surface area contributed by atoms with Gasteiger partial charge in [0.25, 0.3) is 0 Å². The van der Waals surface area contributed by atoms with E-state index in [1.165, 1.54) is 31.7 Å². The van der Waals surface area contributed by atoms with E-state index in [1.54, 1.807) is 6.92 Å². The lowest BCUT2D eigenvalue weighted by Crippen LogP contribution is -1.96. The van der Waals surface area contributed by atoms with E-state index in [2.05, 4.69) is 6.92 Å². The highest BCUT2D eigenvalue weighted by Gasteiger charge is 2.12. The van der Waals surface area contributed by atoms with Gasteiger partial charge in [-0.2, -0.15) is 0 Å². The lowest BCUT2D eigenvalue weighted by atomic mass is 10.2. The SMILES string of the molecule is CCCCCCCOCc1cc(C(=O)O)oc1C. The summed E-state index contributed by atoms with van der Waals surface area (Å²) in [6.45, 7) is 5.09. The number of ether oxygens (including phenoxy) is 1. The molecule has 0 atom stereocenters. The largest absolute Gasteiger partial charge is 0.475 e. The number of unbranched alkanes of at least 4 members (excludes halogenated alkanes) is 4. The van der Waals surface area contributed by atoms with Crippen molar-refractivity contribution in [1.82, 2.24) is 0 Å². The van der Waals surface area contributed by atoms with Gasteiger partial charge in [-0.05, 0) is 19.4 Å². The van der Waals surface area contributed by atoms with Gasteiger partial charge in [0, 0.05) is 12.2 Å². The van der Waals surface area contributed by atoms with E-state index in [1.807, 2.05) is 0 Å². The lowest BCUT2D eigenvalue weighted by Gasteiger charge is -2.03. The third kappa shape index (κ3) is 4.92. The first-order chi connectivity index (χ1) is 8.65. The van der Waals surface area contributed by atoms with Gasteiger partial charge in [0.05, 0.1) is 6.61 Å². The van der Waals surface area contributed by atoms with Crippen molar-refractivity contribution < 1.29 is 19.1 Å². The normalized spacial score (nSPS) is 10.8. The van der Waals surface area contributed by atoms with Crippen LogP contribution in [0.5, 0.6) is 0 Å². The second kappa shape index (κ2) is 7.93. The summed E-state index contributed by atoms with van der Waals surface area (Å²) in [4.78, 5) is 10.7. The van der Waals surface area contributed by atoms with Crippen LogP contribution in [0.2, 0.25) is 0 Å². The Kier molecular flexibility index (Phi) is 6.50. The molecule has 0 radical (unpaired) electrons. The van der Waals surface area contributed by atoms with Gasteiger partial charge in [-0.25, -0.2) is 4.79 Å². The number of carbonyl (C=O) groups is 1. The van der Waals surface area contributed by atoms with Crippen LogP contribution >= 0.6 is 0 Å². The topological polar surface area (TPSA) is 59.7 Å². The molecule has 0 unspecified atom stereocenters.